The van der Waals surface area contributed by atoms with Crippen molar-refractivity contribution in [3.63, 3.8) is 0 Å². The van der Waals surface area contributed by atoms with E-state index < -0.39 is 0 Å². The van der Waals surface area contributed by atoms with Gasteiger partial charge in [-0.2, -0.15) is 0 Å². The highest BCUT2D eigenvalue weighted by Gasteiger charge is 2.47. The summed E-state index contributed by atoms with van der Waals surface area (Å²) in [7, 11) is 0. The average Bonchev–Trinajstić information content (AvgIpc) is 3.37. The molecule has 5 atom stereocenters. The maximum atomic E-state index is 12.4. The van der Waals surface area contributed by atoms with Crippen LogP contribution in [0.3, 0.4) is 0 Å². The van der Waals surface area contributed by atoms with E-state index in [1.165, 1.54) is 22.4 Å². The van der Waals surface area contributed by atoms with Crippen molar-refractivity contribution in [2.75, 3.05) is 11.4 Å². The first-order chi connectivity index (χ1) is 14.1. The van der Waals surface area contributed by atoms with Gasteiger partial charge in [0.15, 0.2) is 5.78 Å². The second kappa shape index (κ2) is 6.43. The Hall–Kier alpha value is -2.13. The van der Waals surface area contributed by atoms with Crippen molar-refractivity contribution in [1.82, 2.24) is 0 Å². The number of halogens is 1. The van der Waals surface area contributed by atoms with Gasteiger partial charge >= 0.3 is 0 Å². The predicted molar refractivity (Wildman–Crippen MR) is 121 cm³/mol. The number of anilines is 1. The smallest absolute Gasteiger partial charge is 0.159 e. The molecule has 0 saturated heterocycles. The van der Waals surface area contributed by atoms with Crippen LogP contribution in [-0.2, 0) is 0 Å². The van der Waals surface area contributed by atoms with Gasteiger partial charge in [-0.25, -0.2) is 0 Å². The van der Waals surface area contributed by atoms with Gasteiger partial charge in [0, 0.05) is 34.1 Å². The molecule has 2 aromatic rings. The standard InChI is InChI=1S/C26H24BrNO/c1-15(29)18-12-23-20-8-3-6-17(20)14-28-25(16-5-2-7-19(27)11-16)22-10-4-9-21(22)24(13-18)26(23)28/h2-5,7-9,11-13,17,20-22,25H,6,10,14H2,1H3/t17-,20-,21-,22-,25+/m0/s1. The minimum Gasteiger partial charge on any atom is -0.363 e. The highest BCUT2D eigenvalue weighted by molar-refractivity contribution is 9.10. The van der Waals surface area contributed by atoms with E-state index in [9.17, 15) is 4.79 Å². The Morgan fingerprint density at radius 3 is 2.59 bits per heavy atom. The summed E-state index contributed by atoms with van der Waals surface area (Å²) in [5.41, 5.74) is 6.42. The van der Waals surface area contributed by atoms with E-state index in [1.54, 1.807) is 6.92 Å². The van der Waals surface area contributed by atoms with Crippen molar-refractivity contribution >= 4 is 27.4 Å². The minimum atomic E-state index is 0.173. The lowest BCUT2D eigenvalue weighted by atomic mass is 9.70. The number of carbonyl (C=O) groups is 1. The molecule has 2 aliphatic carbocycles. The van der Waals surface area contributed by atoms with Crippen molar-refractivity contribution in [2.45, 2.75) is 37.6 Å². The topological polar surface area (TPSA) is 20.3 Å². The van der Waals surface area contributed by atoms with E-state index in [4.69, 9.17) is 0 Å². The molecule has 2 nitrogen and oxygen atoms in total. The fraction of sp³-hybridized carbons (Fsp3) is 0.346. The molecule has 0 saturated carbocycles. The predicted octanol–water partition coefficient (Wildman–Crippen LogP) is 6.55. The van der Waals surface area contributed by atoms with Gasteiger partial charge in [0.1, 0.15) is 0 Å². The van der Waals surface area contributed by atoms with Crippen LogP contribution in [0.4, 0.5) is 5.69 Å². The summed E-state index contributed by atoms with van der Waals surface area (Å²) in [5.74, 6) is 2.15. The molecule has 2 heterocycles. The maximum Gasteiger partial charge on any atom is 0.159 e. The third-order valence-corrected chi connectivity index (χ3v) is 7.94. The van der Waals surface area contributed by atoms with Gasteiger partial charge in [-0.3, -0.25) is 4.79 Å². The summed E-state index contributed by atoms with van der Waals surface area (Å²) in [5, 5.41) is 0. The molecule has 0 spiro atoms. The largest absolute Gasteiger partial charge is 0.363 e. The van der Waals surface area contributed by atoms with Crippen LogP contribution >= 0.6 is 15.9 Å². The van der Waals surface area contributed by atoms with Crippen molar-refractivity contribution in [3.8, 4) is 0 Å². The quantitative estimate of drug-likeness (QED) is 0.385. The van der Waals surface area contributed by atoms with E-state index in [2.05, 4.69) is 81.5 Å². The molecular formula is C26H24BrNO. The Kier molecular flexibility index (Phi) is 3.93. The number of benzene rings is 2. The van der Waals surface area contributed by atoms with E-state index in [0.29, 0.717) is 29.7 Å². The number of Topliss-reactive ketones (excluding diaryl/α,β-unsaturated/α-hetero) is 1. The number of allylic oxidation sites excluding steroid dienone is 4. The first-order valence-electron chi connectivity index (χ1n) is 10.7. The SMILES string of the molecule is CC(=O)c1cc2c3c(c1)[C@H]1C=CC[C@@H]1[C@@H](c1cccc(Br)c1)N3C[C@@H]1CC=C[C@H]21. The number of rotatable bonds is 2. The molecule has 0 radical (unpaired) electrons. The summed E-state index contributed by atoms with van der Waals surface area (Å²) < 4.78 is 1.15. The number of hydrogen-bond acceptors (Lipinski definition) is 2. The summed E-state index contributed by atoms with van der Waals surface area (Å²) in [4.78, 5) is 15.0. The van der Waals surface area contributed by atoms with E-state index in [-0.39, 0.29) is 5.78 Å². The van der Waals surface area contributed by atoms with Crippen LogP contribution in [0.2, 0.25) is 0 Å². The molecule has 3 heteroatoms. The Bertz CT molecular complexity index is 1070. The van der Waals surface area contributed by atoms with Gasteiger partial charge in [0.25, 0.3) is 0 Å². The maximum absolute atomic E-state index is 12.4. The molecule has 29 heavy (non-hydrogen) atoms. The van der Waals surface area contributed by atoms with Gasteiger partial charge in [-0.05, 0) is 72.6 Å². The van der Waals surface area contributed by atoms with Crippen LogP contribution in [0.25, 0.3) is 0 Å². The number of ketones is 1. The zero-order chi connectivity index (χ0) is 19.7. The number of carbonyl (C=O) groups excluding carboxylic acids is 1. The molecule has 6 rings (SSSR count). The third kappa shape index (κ3) is 2.56. The van der Waals surface area contributed by atoms with E-state index >= 15 is 0 Å². The molecule has 146 valence electrons. The van der Waals surface area contributed by atoms with Crippen LogP contribution in [0.1, 0.15) is 64.7 Å². The molecule has 0 amide bonds. The third-order valence-electron chi connectivity index (χ3n) is 7.45. The zero-order valence-electron chi connectivity index (χ0n) is 16.5. The zero-order valence-corrected chi connectivity index (χ0v) is 18.1. The molecule has 0 unspecified atom stereocenters. The molecule has 0 N–H and O–H groups in total. The molecule has 2 aromatic carbocycles. The second-order valence-corrected chi connectivity index (χ2v) is 9.93. The van der Waals surface area contributed by atoms with Crippen LogP contribution < -0.4 is 4.90 Å². The molecule has 0 fully saturated rings. The molecular weight excluding hydrogens is 422 g/mol. The fourth-order valence-corrected chi connectivity index (χ4v) is 6.67. The lowest BCUT2D eigenvalue weighted by Gasteiger charge is -2.51. The highest BCUT2D eigenvalue weighted by atomic mass is 79.9. The van der Waals surface area contributed by atoms with E-state index in [1.807, 2.05) is 0 Å². The van der Waals surface area contributed by atoms with Crippen LogP contribution in [0.15, 0.2) is 65.2 Å². The summed E-state index contributed by atoms with van der Waals surface area (Å²) >= 11 is 3.69. The van der Waals surface area contributed by atoms with Gasteiger partial charge in [0.2, 0.25) is 0 Å². The second-order valence-electron chi connectivity index (χ2n) is 9.01. The monoisotopic (exact) mass is 445 g/mol. The van der Waals surface area contributed by atoms with Crippen molar-refractivity contribution in [2.24, 2.45) is 11.8 Å². The number of fused-ring (bicyclic) bond motifs is 4. The Balaban J connectivity index is 1.61. The molecule has 2 aliphatic heterocycles. The lowest BCUT2D eigenvalue weighted by Crippen LogP contribution is -2.46. The first kappa shape index (κ1) is 17.7. The minimum absolute atomic E-state index is 0.173. The Morgan fingerprint density at radius 1 is 1.03 bits per heavy atom. The highest BCUT2D eigenvalue weighted by Crippen LogP contribution is 2.59. The Labute approximate surface area is 180 Å². The van der Waals surface area contributed by atoms with Crippen LogP contribution in [-0.4, -0.2) is 12.3 Å². The fourth-order valence-electron chi connectivity index (χ4n) is 6.25. The molecule has 0 bridgehead atoms. The lowest BCUT2D eigenvalue weighted by molar-refractivity contribution is 0.101. The average molecular weight is 446 g/mol. The first-order valence-corrected chi connectivity index (χ1v) is 11.5. The van der Waals surface area contributed by atoms with Gasteiger partial charge in [-0.1, -0.05) is 52.4 Å². The number of hydrogen-bond donors (Lipinski definition) is 0. The van der Waals surface area contributed by atoms with Crippen molar-refractivity contribution < 1.29 is 4.79 Å². The van der Waals surface area contributed by atoms with Gasteiger partial charge < -0.3 is 4.90 Å². The van der Waals surface area contributed by atoms with Gasteiger partial charge in [0.05, 0.1) is 6.04 Å². The molecule has 0 aromatic heterocycles. The summed E-state index contributed by atoms with van der Waals surface area (Å²) in [6.45, 7) is 2.80. The van der Waals surface area contributed by atoms with Crippen molar-refractivity contribution in [1.29, 1.82) is 0 Å². The van der Waals surface area contributed by atoms with Crippen LogP contribution in [0, 0.1) is 11.8 Å². The van der Waals surface area contributed by atoms with Crippen molar-refractivity contribution in [3.05, 3.63) is 87.4 Å². The van der Waals surface area contributed by atoms with Gasteiger partial charge in [-0.15, -0.1) is 0 Å². The Morgan fingerprint density at radius 2 is 1.79 bits per heavy atom. The summed E-state index contributed by atoms with van der Waals surface area (Å²) in [6.07, 6.45) is 11.7. The normalized spacial score (nSPS) is 30.8. The van der Waals surface area contributed by atoms with E-state index in [0.717, 1.165) is 29.4 Å². The van der Waals surface area contributed by atoms with Crippen LogP contribution in [0.5, 0.6) is 0 Å². The summed E-state index contributed by atoms with van der Waals surface area (Å²) in [6, 6.07) is 13.6. The molecule has 4 aliphatic rings. The number of nitrogens with zero attached hydrogens (tertiary/aromatic N) is 1.